The van der Waals surface area contributed by atoms with Gasteiger partial charge in [-0.05, 0) is 31.2 Å². The van der Waals surface area contributed by atoms with Crippen molar-refractivity contribution in [2.45, 2.75) is 38.5 Å². The molecule has 0 saturated carbocycles. The third-order valence-corrected chi connectivity index (χ3v) is 5.43. The van der Waals surface area contributed by atoms with Gasteiger partial charge in [0.25, 0.3) is 0 Å². The van der Waals surface area contributed by atoms with Crippen molar-refractivity contribution in [1.29, 1.82) is 0 Å². The summed E-state index contributed by atoms with van der Waals surface area (Å²) < 4.78 is 0. The molecule has 0 atom stereocenters. The number of aromatic nitrogens is 1. The Morgan fingerprint density at radius 1 is 1.23 bits per heavy atom. The topological polar surface area (TPSA) is 33.2 Å². The molecule has 1 aliphatic heterocycles. The van der Waals surface area contributed by atoms with Crippen LogP contribution in [0.2, 0.25) is 0 Å². The standard InChI is InChI=1S/C18H22N2OS/c1-14(21)20-11-9-16(10-12-20)18-19-17(13-22-18)8-7-15-5-3-2-4-6-15/h2-6,13,16H,7-12H2,1H3. The van der Waals surface area contributed by atoms with Crippen molar-refractivity contribution in [2.24, 2.45) is 0 Å². The summed E-state index contributed by atoms with van der Waals surface area (Å²) in [4.78, 5) is 18.2. The van der Waals surface area contributed by atoms with Crippen molar-refractivity contribution in [1.82, 2.24) is 9.88 Å². The van der Waals surface area contributed by atoms with Crippen LogP contribution in [0.5, 0.6) is 0 Å². The average molecular weight is 314 g/mol. The second-order valence-electron chi connectivity index (χ2n) is 5.94. The molecule has 1 saturated heterocycles. The van der Waals surface area contributed by atoms with Crippen LogP contribution in [-0.2, 0) is 17.6 Å². The second kappa shape index (κ2) is 7.05. The number of hydrogen-bond donors (Lipinski definition) is 0. The molecule has 2 heterocycles. The minimum Gasteiger partial charge on any atom is -0.343 e. The number of nitrogens with zero attached hydrogens (tertiary/aromatic N) is 2. The van der Waals surface area contributed by atoms with Crippen LogP contribution >= 0.6 is 11.3 Å². The van der Waals surface area contributed by atoms with E-state index in [1.54, 1.807) is 18.3 Å². The highest BCUT2D eigenvalue weighted by atomic mass is 32.1. The van der Waals surface area contributed by atoms with Gasteiger partial charge in [0.1, 0.15) is 0 Å². The van der Waals surface area contributed by atoms with E-state index in [9.17, 15) is 4.79 Å². The van der Waals surface area contributed by atoms with Crippen LogP contribution < -0.4 is 0 Å². The Morgan fingerprint density at radius 2 is 1.95 bits per heavy atom. The van der Waals surface area contributed by atoms with Gasteiger partial charge >= 0.3 is 0 Å². The van der Waals surface area contributed by atoms with Gasteiger partial charge in [0.2, 0.25) is 5.91 Å². The fraction of sp³-hybridized carbons (Fsp3) is 0.444. The Bertz CT molecular complexity index is 615. The van der Waals surface area contributed by atoms with E-state index in [1.807, 2.05) is 4.90 Å². The first-order chi connectivity index (χ1) is 10.7. The lowest BCUT2D eigenvalue weighted by Crippen LogP contribution is -2.36. The molecule has 1 aromatic heterocycles. The van der Waals surface area contributed by atoms with Gasteiger partial charge in [-0.15, -0.1) is 11.3 Å². The summed E-state index contributed by atoms with van der Waals surface area (Å²) in [7, 11) is 0. The van der Waals surface area contributed by atoms with Gasteiger partial charge in [-0.1, -0.05) is 30.3 Å². The normalized spacial score (nSPS) is 16.0. The van der Waals surface area contributed by atoms with Crippen LogP contribution in [0.4, 0.5) is 0 Å². The van der Waals surface area contributed by atoms with E-state index >= 15 is 0 Å². The van der Waals surface area contributed by atoms with E-state index < -0.39 is 0 Å². The monoisotopic (exact) mass is 314 g/mol. The fourth-order valence-electron chi connectivity index (χ4n) is 2.98. The molecule has 0 radical (unpaired) electrons. The molecule has 1 amide bonds. The lowest BCUT2D eigenvalue weighted by molar-refractivity contribution is -0.129. The number of carbonyl (C=O) groups excluding carboxylic acids is 1. The van der Waals surface area contributed by atoms with Gasteiger partial charge in [0.05, 0.1) is 10.7 Å². The summed E-state index contributed by atoms with van der Waals surface area (Å²) in [5.41, 5.74) is 2.57. The van der Waals surface area contributed by atoms with E-state index in [-0.39, 0.29) is 5.91 Å². The molecule has 1 aromatic carbocycles. The number of likely N-dealkylation sites (tertiary alicyclic amines) is 1. The number of rotatable bonds is 4. The van der Waals surface area contributed by atoms with E-state index in [4.69, 9.17) is 4.98 Å². The van der Waals surface area contributed by atoms with Gasteiger partial charge in [0, 0.05) is 31.3 Å². The Morgan fingerprint density at radius 3 is 2.64 bits per heavy atom. The molecule has 1 fully saturated rings. The maximum Gasteiger partial charge on any atom is 0.219 e. The molecule has 4 heteroatoms. The van der Waals surface area contributed by atoms with Crippen LogP contribution in [0.1, 0.15) is 41.9 Å². The summed E-state index contributed by atoms with van der Waals surface area (Å²) in [6, 6.07) is 10.6. The molecule has 3 rings (SSSR count). The minimum atomic E-state index is 0.195. The number of hydrogen-bond acceptors (Lipinski definition) is 3. The first-order valence-electron chi connectivity index (χ1n) is 7.96. The Kier molecular flexibility index (Phi) is 4.88. The van der Waals surface area contributed by atoms with Crippen LogP contribution in [0.15, 0.2) is 35.7 Å². The highest BCUT2D eigenvalue weighted by molar-refractivity contribution is 7.09. The molecule has 0 N–H and O–H groups in total. The molecule has 116 valence electrons. The summed E-state index contributed by atoms with van der Waals surface area (Å²) in [5.74, 6) is 0.729. The number of aryl methyl sites for hydroxylation is 2. The van der Waals surface area contributed by atoms with Crippen molar-refractivity contribution in [3.63, 3.8) is 0 Å². The summed E-state index contributed by atoms with van der Waals surface area (Å²) in [6.45, 7) is 3.41. The quantitative estimate of drug-likeness (QED) is 0.863. The number of amides is 1. The van der Waals surface area contributed by atoms with Crippen LogP contribution in [0.3, 0.4) is 0 Å². The molecule has 0 spiro atoms. The molecule has 0 unspecified atom stereocenters. The third-order valence-electron chi connectivity index (χ3n) is 4.37. The van der Waals surface area contributed by atoms with Crippen molar-refractivity contribution < 1.29 is 4.79 Å². The predicted octanol–water partition coefficient (Wildman–Crippen LogP) is 3.65. The largest absolute Gasteiger partial charge is 0.343 e. The Labute approximate surface area is 136 Å². The molecular weight excluding hydrogens is 292 g/mol. The van der Waals surface area contributed by atoms with Crippen LogP contribution in [0.25, 0.3) is 0 Å². The zero-order valence-corrected chi connectivity index (χ0v) is 13.8. The highest BCUT2D eigenvalue weighted by Gasteiger charge is 2.23. The van der Waals surface area contributed by atoms with Gasteiger partial charge in [0.15, 0.2) is 0 Å². The molecule has 0 bridgehead atoms. The number of piperidine rings is 1. The molecule has 1 aliphatic rings. The average Bonchev–Trinajstić information content (AvgIpc) is 3.03. The fourth-order valence-corrected chi connectivity index (χ4v) is 4.01. The Hall–Kier alpha value is -1.68. The minimum absolute atomic E-state index is 0.195. The molecule has 0 aliphatic carbocycles. The van der Waals surface area contributed by atoms with Gasteiger partial charge in [-0.2, -0.15) is 0 Å². The first-order valence-corrected chi connectivity index (χ1v) is 8.84. The van der Waals surface area contributed by atoms with E-state index in [0.717, 1.165) is 38.8 Å². The third kappa shape index (κ3) is 3.74. The zero-order chi connectivity index (χ0) is 15.4. The zero-order valence-electron chi connectivity index (χ0n) is 13.0. The van der Waals surface area contributed by atoms with Gasteiger partial charge in [-0.25, -0.2) is 4.98 Å². The SMILES string of the molecule is CC(=O)N1CCC(c2nc(CCc3ccccc3)cs2)CC1. The Balaban J connectivity index is 1.54. The predicted molar refractivity (Wildman–Crippen MR) is 90.2 cm³/mol. The number of carbonyl (C=O) groups is 1. The van der Waals surface area contributed by atoms with Crippen molar-refractivity contribution in [2.75, 3.05) is 13.1 Å². The maximum atomic E-state index is 11.4. The lowest BCUT2D eigenvalue weighted by Gasteiger charge is -2.30. The van der Waals surface area contributed by atoms with E-state index in [2.05, 4.69) is 35.7 Å². The lowest BCUT2D eigenvalue weighted by atomic mass is 9.97. The van der Waals surface area contributed by atoms with Crippen LogP contribution in [0, 0.1) is 0 Å². The summed E-state index contributed by atoms with van der Waals surface area (Å²) in [5, 5.41) is 3.46. The van der Waals surface area contributed by atoms with Crippen molar-refractivity contribution in [3.05, 3.63) is 52.0 Å². The van der Waals surface area contributed by atoms with Crippen LogP contribution in [-0.4, -0.2) is 28.9 Å². The molecular formula is C18H22N2OS. The van der Waals surface area contributed by atoms with Crippen molar-refractivity contribution in [3.8, 4) is 0 Å². The first kappa shape index (κ1) is 15.2. The summed E-state index contributed by atoms with van der Waals surface area (Å²) >= 11 is 1.79. The van der Waals surface area contributed by atoms with Gasteiger partial charge in [-0.3, -0.25) is 4.79 Å². The highest BCUT2D eigenvalue weighted by Crippen LogP contribution is 2.30. The number of benzene rings is 1. The number of thiazole rings is 1. The van der Waals surface area contributed by atoms with E-state index in [1.165, 1.54) is 16.3 Å². The van der Waals surface area contributed by atoms with Gasteiger partial charge < -0.3 is 4.90 Å². The smallest absolute Gasteiger partial charge is 0.219 e. The maximum absolute atomic E-state index is 11.4. The molecule has 3 nitrogen and oxygen atoms in total. The van der Waals surface area contributed by atoms with E-state index in [0.29, 0.717) is 5.92 Å². The summed E-state index contributed by atoms with van der Waals surface area (Å²) in [6.07, 6.45) is 4.15. The molecule has 2 aromatic rings. The van der Waals surface area contributed by atoms with Crippen molar-refractivity contribution >= 4 is 17.2 Å². The molecule has 22 heavy (non-hydrogen) atoms. The second-order valence-corrected chi connectivity index (χ2v) is 6.83.